The van der Waals surface area contributed by atoms with Crippen LogP contribution in [0, 0.1) is 0 Å². The Hall–Kier alpha value is -0.630. The van der Waals surface area contributed by atoms with Gasteiger partial charge in [0.05, 0.1) is 3.79 Å². The van der Waals surface area contributed by atoms with Crippen LogP contribution in [0.15, 0.2) is 44.7 Å². The minimum Gasteiger partial charge on any atom is -0.353 e. The monoisotopic (exact) mass is 334 g/mol. The zero-order valence-electron chi connectivity index (χ0n) is 8.84. The fraction of sp³-hybridized carbons (Fsp3) is 0.200. The largest absolute Gasteiger partial charge is 0.353 e. The summed E-state index contributed by atoms with van der Waals surface area (Å²) in [6.45, 7) is 1.01. The van der Waals surface area contributed by atoms with Crippen LogP contribution < -0.4 is 4.72 Å². The smallest absolute Gasteiger partial charge is 0.250 e. The van der Waals surface area contributed by atoms with Crippen LogP contribution in [0.3, 0.4) is 0 Å². The van der Waals surface area contributed by atoms with Gasteiger partial charge in [-0.15, -0.1) is 11.3 Å². The molecule has 0 bridgehead atoms. The van der Waals surface area contributed by atoms with Crippen molar-refractivity contribution in [1.29, 1.82) is 0 Å². The van der Waals surface area contributed by atoms with Crippen LogP contribution >= 0.6 is 27.3 Å². The van der Waals surface area contributed by atoms with E-state index < -0.39 is 10.0 Å². The molecular formula is C10H11BrN2O2S2. The fourth-order valence-corrected chi connectivity index (χ4v) is 4.42. The third-order valence-electron chi connectivity index (χ3n) is 2.14. The van der Waals surface area contributed by atoms with E-state index in [9.17, 15) is 8.42 Å². The molecule has 0 radical (unpaired) electrons. The first-order valence-corrected chi connectivity index (χ1v) is 8.03. The molecule has 2 rings (SSSR count). The summed E-state index contributed by atoms with van der Waals surface area (Å²) in [7, 11) is -3.37. The van der Waals surface area contributed by atoms with Gasteiger partial charge in [-0.2, -0.15) is 0 Å². The van der Waals surface area contributed by atoms with Gasteiger partial charge in [0, 0.05) is 25.5 Å². The average molecular weight is 335 g/mol. The Morgan fingerprint density at radius 1 is 1.29 bits per heavy atom. The average Bonchev–Trinajstić information content (AvgIpc) is 2.89. The van der Waals surface area contributed by atoms with Gasteiger partial charge in [-0.05, 0) is 40.2 Å². The Bertz CT molecular complexity index is 575. The number of sulfonamides is 1. The number of nitrogens with one attached hydrogen (secondary N) is 1. The first-order chi connectivity index (χ1) is 8.08. The lowest BCUT2D eigenvalue weighted by molar-refractivity contribution is 0.575. The van der Waals surface area contributed by atoms with Crippen molar-refractivity contribution in [2.75, 3.05) is 6.54 Å². The Labute approximate surface area is 112 Å². The Morgan fingerprint density at radius 3 is 2.59 bits per heavy atom. The molecule has 0 atom stereocenters. The summed E-state index contributed by atoms with van der Waals surface area (Å²) >= 11 is 4.45. The van der Waals surface area contributed by atoms with Crippen molar-refractivity contribution in [2.24, 2.45) is 0 Å². The highest BCUT2D eigenvalue weighted by molar-refractivity contribution is 9.11. The van der Waals surface area contributed by atoms with Crippen LogP contribution in [0.25, 0.3) is 0 Å². The first-order valence-electron chi connectivity index (χ1n) is 4.94. The third-order valence-corrected chi connectivity index (χ3v) is 5.72. The topological polar surface area (TPSA) is 51.1 Å². The molecule has 0 saturated carbocycles. The summed E-state index contributed by atoms with van der Waals surface area (Å²) in [5.74, 6) is 0. The molecule has 0 amide bonds. The maximum atomic E-state index is 11.8. The van der Waals surface area contributed by atoms with Crippen LogP contribution in [-0.4, -0.2) is 19.5 Å². The van der Waals surface area contributed by atoms with E-state index in [0.717, 1.165) is 3.79 Å². The molecule has 0 aliphatic carbocycles. The van der Waals surface area contributed by atoms with Gasteiger partial charge in [0.25, 0.3) is 0 Å². The molecule has 17 heavy (non-hydrogen) atoms. The van der Waals surface area contributed by atoms with Gasteiger partial charge in [0.15, 0.2) is 0 Å². The van der Waals surface area contributed by atoms with Crippen LogP contribution in [0.1, 0.15) is 0 Å². The van der Waals surface area contributed by atoms with Gasteiger partial charge >= 0.3 is 0 Å². The second-order valence-electron chi connectivity index (χ2n) is 3.38. The number of rotatable bonds is 5. The number of hydrogen-bond acceptors (Lipinski definition) is 3. The standard InChI is InChI=1S/C10H11BrN2O2S2/c11-9-3-4-10(16-9)17(14,15)12-5-8-13-6-1-2-7-13/h1-4,6-7,12H,5,8H2. The number of hydrogen-bond donors (Lipinski definition) is 1. The van der Waals surface area contributed by atoms with Gasteiger partial charge in [-0.1, -0.05) is 0 Å². The molecular weight excluding hydrogens is 324 g/mol. The molecule has 0 fully saturated rings. The van der Waals surface area contributed by atoms with E-state index >= 15 is 0 Å². The van der Waals surface area contributed by atoms with Gasteiger partial charge in [0.1, 0.15) is 4.21 Å². The number of aromatic nitrogens is 1. The van der Waals surface area contributed by atoms with Crippen molar-refractivity contribution in [3.63, 3.8) is 0 Å². The van der Waals surface area contributed by atoms with E-state index in [0.29, 0.717) is 17.3 Å². The molecule has 0 saturated heterocycles. The van der Waals surface area contributed by atoms with E-state index in [1.54, 1.807) is 12.1 Å². The minimum atomic E-state index is -3.37. The molecule has 2 aromatic rings. The maximum absolute atomic E-state index is 11.8. The summed E-state index contributed by atoms with van der Waals surface area (Å²) in [5, 5.41) is 0. The summed E-state index contributed by atoms with van der Waals surface area (Å²) in [6.07, 6.45) is 3.80. The van der Waals surface area contributed by atoms with Crippen LogP contribution in [0.4, 0.5) is 0 Å². The van der Waals surface area contributed by atoms with Crippen molar-refractivity contribution >= 4 is 37.3 Å². The highest BCUT2D eigenvalue weighted by Crippen LogP contribution is 2.25. The second-order valence-corrected chi connectivity index (χ2v) is 7.83. The molecule has 2 aromatic heterocycles. The summed E-state index contributed by atoms with van der Waals surface area (Å²) in [5.41, 5.74) is 0. The number of nitrogens with zero attached hydrogens (tertiary/aromatic N) is 1. The van der Waals surface area contributed by atoms with Crippen molar-refractivity contribution in [3.8, 4) is 0 Å². The van der Waals surface area contributed by atoms with E-state index in [2.05, 4.69) is 20.7 Å². The maximum Gasteiger partial charge on any atom is 0.250 e. The van der Waals surface area contributed by atoms with Crippen molar-refractivity contribution in [3.05, 3.63) is 40.4 Å². The SMILES string of the molecule is O=S(=O)(NCCn1cccc1)c1ccc(Br)s1. The predicted molar refractivity (Wildman–Crippen MR) is 71.6 cm³/mol. The fourth-order valence-electron chi connectivity index (χ4n) is 1.34. The Kier molecular flexibility index (Phi) is 4.03. The third kappa shape index (κ3) is 3.41. The Morgan fingerprint density at radius 2 is 2.00 bits per heavy atom. The molecule has 92 valence electrons. The van der Waals surface area contributed by atoms with E-state index in [1.807, 2.05) is 29.1 Å². The summed E-state index contributed by atoms with van der Waals surface area (Å²) in [4.78, 5) is 0. The van der Waals surface area contributed by atoms with Crippen LogP contribution in [0.2, 0.25) is 0 Å². The molecule has 0 unspecified atom stereocenters. The molecule has 1 N–H and O–H groups in total. The van der Waals surface area contributed by atoms with Crippen LogP contribution in [0.5, 0.6) is 0 Å². The first kappa shape index (κ1) is 12.8. The number of halogens is 1. The normalized spacial score (nSPS) is 11.8. The van der Waals surface area contributed by atoms with E-state index in [4.69, 9.17) is 0 Å². The lowest BCUT2D eigenvalue weighted by Gasteiger charge is -2.05. The Balaban J connectivity index is 1.94. The van der Waals surface area contributed by atoms with Gasteiger partial charge < -0.3 is 4.57 Å². The molecule has 7 heteroatoms. The lowest BCUT2D eigenvalue weighted by atomic mass is 10.6. The van der Waals surface area contributed by atoms with Gasteiger partial charge in [-0.25, -0.2) is 13.1 Å². The lowest BCUT2D eigenvalue weighted by Crippen LogP contribution is -2.26. The van der Waals surface area contributed by atoms with Gasteiger partial charge in [0.2, 0.25) is 10.0 Å². The summed E-state index contributed by atoms with van der Waals surface area (Å²) < 4.78 is 29.3. The zero-order chi connectivity index (χ0) is 12.3. The second kappa shape index (κ2) is 5.34. The molecule has 0 spiro atoms. The molecule has 0 aliphatic rings. The highest BCUT2D eigenvalue weighted by Gasteiger charge is 2.15. The summed E-state index contributed by atoms with van der Waals surface area (Å²) in [6, 6.07) is 7.13. The number of thiophene rings is 1. The minimum absolute atomic E-state index is 0.330. The van der Waals surface area contributed by atoms with E-state index in [1.165, 1.54) is 11.3 Å². The molecule has 0 aromatic carbocycles. The van der Waals surface area contributed by atoms with Crippen molar-refractivity contribution in [1.82, 2.24) is 9.29 Å². The van der Waals surface area contributed by atoms with E-state index in [-0.39, 0.29) is 0 Å². The molecule has 2 heterocycles. The predicted octanol–water partition coefficient (Wildman–Crippen LogP) is 2.29. The quantitative estimate of drug-likeness (QED) is 0.911. The van der Waals surface area contributed by atoms with Gasteiger partial charge in [-0.3, -0.25) is 0 Å². The van der Waals surface area contributed by atoms with Crippen molar-refractivity contribution in [2.45, 2.75) is 10.8 Å². The van der Waals surface area contributed by atoms with Crippen LogP contribution in [-0.2, 0) is 16.6 Å². The van der Waals surface area contributed by atoms with Crippen molar-refractivity contribution < 1.29 is 8.42 Å². The molecule has 4 nitrogen and oxygen atoms in total. The highest BCUT2D eigenvalue weighted by atomic mass is 79.9. The zero-order valence-corrected chi connectivity index (χ0v) is 12.1. The molecule has 0 aliphatic heterocycles.